The summed E-state index contributed by atoms with van der Waals surface area (Å²) < 4.78 is 0. The zero-order valence-corrected chi connectivity index (χ0v) is 14.6. The van der Waals surface area contributed by atoms with Crippen LogP contribution in [0.25, 0.3) is 11.4 Å². The topological polar surface area (TPSA) is 84.2 Å². The number of anilines is 1. The fourth-order valence-corrected chi connectivity index (χ4v) is 3.24. The molecule has 0 amide bonds. The smallest absolute Gasteiger partial charge is 0.270 e. The Bertz CT molecular complexity index is 765. The third-order valence-corrected chi connectivity index (χ3v) is 4.46. The first-order valence-corrected chi connectivity index (χ1v) is 8.54. The second kappa shape index (κ2) is 7.57. The molecule has 7 heteroatoms. The Labute approximate surface area is 147 Å². The van der Waals surface area contributed by atoms with Gasteiger partial charge in [0.15, 0.2) is 5.82 Å². The Morgan fingerprint density at radius 3 is 2.96 bits per heavy atom. The summed E-state index contributed by atoms with van der Waals surface area (Å²) in [6.07, 6.45) is 2.45. The molecule has 3 rings (SSSR count). The van der Waals surface area contributed by atoms with Crippen molar-refractivity contribution in [3.63, 3.8) is 0 Å². The number of rotatable bonds is 5. The lowest BCUT2D eigenvalue weighted by molar-refractivity contribution is -0.384. The van der Waals surface area contributed by atoms with Crippen LogP contribution in [-0.2, 0) is 0 Å². The van der Waals surface area contributed by atoms with E-state index in [1.54, 1.807) is 12.1 Å². The molecule has 0 aliphatic carbocycles. The van der Waals surface area contributed by atoms with Crippen LogP contribution in [0, 0.1) is 23.0 Å². The van der Waals surface area contributed by atoms with E-state index in [-0.39, 0.29) is 5.69 Å². The lowest BCUT2D eigenvalue weighted by atomic mass is 9.98. The Kier molecular flexibility index (Phi) is 5.23. The van der Waals surface area contributed by atoms with Crippen molar-refractivity contribution in [3.8, 4) is 11.4 Å². The number of likely N-dealkylation sites (tertiary alicyclic amines) is 1. The molecule has 1 atom stereocenters. The maximum atomic E-state index is 11.0. The van der Waals surface area contributed by atoms with Gasteiger partial charge in [-0.3, -0.25) is 10.1 Å². The lowest BCUT2D eigenvalue weighted by Gasteiger charge is -2.29. The van der Waals surface area contributed by atoms with Gasteiger partial charge in [0.25, 0.3) is 5.69 Å². The van der Waals surface area contributed by atoms with E-state index >= 15 is 0 Å². The van der Waals surface area contributed by atoms with Crippen molar-refractivity contribution in [1.29, 1.82) is 0 Å². The number of aromatic nitrogens is 2. The van der Waals surface area contributed by atoms with Gasteiger partial charge in [0.05, 0.1) is 4.92 Å². The van der Waals surface area contributed by atoms with Gasteiger partial charge in [0.1, 0.15) is 5.82 Å². The van der Waals surface area contributed by atoms with Gasteiger partial charge in [-0.2, -0.15) is 0 Å². The van der Waals surface area contributed by atoms with Gasteiger partial charge < -0.3 is 10.2 Å². The van der Waals surface area contributed by atoms with Crippen molar-refractivity contribution in [3.05, 3.63) is 46.1 Å². The summed E-state index contributed by atoms with van der Waals surface area (Å²) in [5.74, 6) is 1.88. The van der Waals surface area contributed by atoms with Crippen LogP contribution in [-0.4, -0.2) is 46.5 Å². The fourth-order valence-electron chi connectivity index (χ4n) is 3.24. The third kappa shape index (κ3) is 4.51. The predicted octanol–water partition coefficient (Wildman–Crippen LogP) is 3.11. The van der Waals surface area contributed by atoms with Gasteiger partial charge in [0.2, 0.25) is 0 Å². The van der Waals surface area contributed by atoms with Crippen LogP contribution in [0.5, 0.6) is 0 Å². The molecule has 7 nitrogen and oxygen atoms in total. The first-order chi connectivity index (χ1) is 12.0. The number of piperidine rings is 1. The van der Waals surface area contributed by atoms with Crippen LogP contribution in [0.15, 0.2) is 30.3 Å². The highest BCUT2D eigenvalue weighted by molar-refractivity contribution is 5.61. The lowest BCUT2D eigenvalue weighted by Crippen LogP contribution is -2.35. The quantitative estimate of drug-likeness (QED) is 0.664. The second-order valence-corrected chi connectivity index (χ2v) is 6.68. The Morgan fingerprint density at radius 2 is 2.20 bits per heavy atom. The second-order valence-electron chi connectivity index (χ2n) is 6.68. The van der Waals surface area contributed by atoms with Crippen LogP contribution < -0.4 is 5.32 Å². The number of aryl methyl sites for hydroxylation is 1. The first-order valence-electron chi connectivity index (χ1n) is 8.54. The zero-order valence-electron chi connectivity index (χ0n) is 14.6. The third-order valence-electron chi connectivity index (χ3n) is 4.46. The van der Waals surface area contributed by atoms with E-state index in [9.17, 15) is 10.1 Å². The molecule has 0 bridgehead atoms. The maximum absolute atomic E-state index is 11.0. The zero-order chi connectivity index (χ0) is 17.8. The minimum absolute atomic E-state index is 0.0439. The minimum atomic E-state index is -0.405. The average Bonchev–Trinajstić information content (AvgIpc) is 2.60. The van der Waals surface area contributed by atoms with Crippen molar-refractivity contribution < 1.29 is 4.92 Å². The molecule has 1 aromatic heterocycles. The maximum Gasteiger partial charge on any atom is 0.270 e. The number of hydrogen-bond donors (Lipinski definition) is 1. The van der Waals surface area contributed by atoms with Crippen molar-refractivity contribution >= 4 is 11.5 Å². The summed E-state index contributed by atoms with van der Waals surface area (Å²) in [5.41, 5.74) is 1.53. The number of nitro benzene ring substituents is 1. The average molecular weight is 341 g/mol. The molecular formula is C18H23N5O2. The van der Waals surface area contributed by atoms with E-state index in [1.165, 1.54) is 31.5 Å². The summed E-state index contributed by atoms with van der Waals surface area (Å²) in [6.45, 7) is 5.03. The molecule has 1 aliphatic rings. The Hall–Kier alpha value is -2.54. The molecule has 1 N–H and O–H groups in total. The van der Waals surface area contributed by atoms with Crippen LogP contribution in [0.3, 0.4) is 0 Å². The van der Waals surface area contributed by atoms with Gasteiger partial charge in [-0.1, -0.05) is 12.1 Å². The van der Waals surface area contributed by atoms with Crippen LogP contribution in [0.4, 0.5) is 11.5 Å². The standard InChI is InChI=1S/C18H23N5O2/c1-13-9-17(19-11-14-5-4-8-22(2)12-14)21-18(20-13)15-6-3-7-16(10-15)23(24)25/h3,6-7,9-10,14H,4-5,8,11-12H2,1-2H3,(H,19,20,21). The van der Waals surface area contributed by atoms with E-state index in [2.05, 4.69) is 27.2 Å². The van der Waals surface area contributed by atoms with Crippen molar-refractivity contribution in [2.45, 2.75) is 19.8 Å². The molecule has 1 aromatic carbocycles. The van der Waals surface area contributed by atoms with Gasteiger partial charge in [-0.25, -0.2) is 9.97 Å². The molecule has 1 aliphatic heterocycles. The number of benzene rings is 1. The summed E-state index contributed by atoms with van der Waals surface area (Å²) >= 11 is 0. The van der Waals surface area contributed by atoms with Crippen molar-refractivity contribution in [2.75, 3.05) is 32.0 Å². The highest BCUT2D eigenvalue weighted by Crippen LogP contribution is 2.23. The molecule has 1 saturated heterocycles. The SMILES string of the molecule is Cc1cc(NCC2CCCN(C)C2)nc(-c2cccc([N+](=O)[O-])c2)n1. The predicted molar refractivity (Wildman–Crippen MR) is 97.6 cm³/mol. The van der Waals surface area contributed by atoms with Gasteiger partial charge in [0, 0.05) is 42.5 Å². The number of non-ortho nitro benzene ring substituents is 1. The van der Waals surface area contributed by atoms with Gasteiger partial charge in [-0.15, -0.1) is 0 Å². The first kappa shape index (κ1) is 17.3. The largest absolute Gasteiger partial charge is 0.370 e. The van der Waals surface area contributed by atoms with E-state index < -0.39 is 4.92 Å². The highest BCUT2D eigenvalue weighted by atomic mass is 16.6. The fraction of sp³-hybridized carbons (Fsp3) is 0.444. The number of hydrogen-bond acceptors (Lipinski definition) is 6. The molecule has 1 fully saturated rings. The normalized spacial score (nSPS) is 18.1. The van der Waals surface area contributed by atoms with E-state index in [0.29, 0.717) is 17.3 Å². The molecule has 132 valence electrons. The van der Waals surface area contributed by atoms with Crippen molar-refractivity contribution in [2.24, 2.45) is 5.92 Å². The molecule has 2 aromatic rings. The van der Waals surface area contributed by atoms with Gasteiger partial charge in [-0.05, 0) is 39.3 Å². The molecule has 0 saturated carbocycles. The number of nitrogens with zero attached hydrogens (tertiary/aromatic N) is 4. The highest BCUT2D eigenvalue weighted by Gasteiger charge is 2.17. The van der Waals surface area contributed by atoms with Gasteiger partial charge >= 0.3 is 0 Å². The molecule has 1 unspecified atom stereocenters. The van der Waals surface area contributed by atoms with E-state index in [1.807, 2.05) is 13.0 Å². The van der Waals surface area contributed by atoms with E-state index in [0.717, 1.165) is 24.6 Å². The van der Waals surface area contributed by atoms with Crippen LogP contribution >= 0.6 is 0 Å². The number of nitrogens with one attached hydrogen (secondary N) is 1. The summed E-state index contributed by atoms with van der Waals surface area (Å²) in [5, 5.41) is 14.4. The van der Waals surface area contributed by atoms with E-state index in [4.69, 9.17) is 0 Å². The summed E-state index contributed by atoms with van der Waals surface area (Å²) in [7, 11) is 2.15. The molecular weight excluding hydrogens is 318 g/mol. The van der Waals surface area contributed by atoms with Crippen LogP contribution in [0.1, 0.15) is 18.5 Å². The molecule has 0 spiro atoms. The van der Waals surface area contributed by atoms with Crippen molar-refractivity contribution in [1.82, 2.24) is 14.9 Å². The molecule has 25 heavy (non-hydrogen) atoms. The Morgan fingerprint density at radius 1 is 1.36 bits per heavy atom. The molecule has 0 radical (unpaired) electrons. The molecule has 2 heterocycles. The Balaban J connectivity index is 1.76. The van der Waals surface area contributed by atoms with Crippen LogP contribution in [0.2, 0.25) is 0 Å². The summed E-state index contributed by atoms with van der Waals surface area (Å²) in [6, 6.07) is 8.34. The monoisotopic (exact) mass is 341 g/mol. The summed E-state index contributed by atoms with van der Waals surface area (Å²) in [4.78, 5) is 21.9. The minimum Gasteiger partial charge on any atom is -0.370 e. The number of nitro groups is 1.